The lowest BCUT2D eigenvalue weighted by Gasteiger charge is -2.17. The van der Waals surface area contributed by atoms with Gasteiger partial charge in [0.05, 0.1) is 17.9 Å². The van der Waals surface area contributed by atoms with Crippen molar-refractivity contribution in [2.45, 2.75) is 20.3 Å². The molecule has 1 aliphatic heterocycles. The summed E-state index contributed by atoms with van der Waals surface area (Å²) in [4.78, 5) is 14.5. The summed E-state index contributed by atoms with van der Waals surface area (Å²) >= 11 is 0. The number of carbonyl (C=O) groups excluding carboxylic acids is 1. The van der Waals surface area contributed by atoms with Crippen LogP contribution in [0.25, 0.3) is 5.57 Å². The molecule has 6 heteroatoms. The van der Waals surface area contributed by atoms with Gasteiger partial charge >= 0.3 is 0 Å². The Hall–Kier alpha value is -2.86. The maximum absolute atomic E-state index is 13.3. The van der Waals surface area contributed by atoms with Crippen molar-refractivity contribution in [3.63, 3.8) is 0 Å². The molecule has 2 aromatic carbocycles. The van der Waals surface area contributed by atoms with Crippen LogP contribution < -0.4 is 15.4 Å². The third-order valence-electron chi connectivity index (χ3n) is 4.78. The Morgan fingerprint density at radius 1 is 1.14 bits per heavy atom. The van der Waals surface area contributed by atoms with Crippen molar-refractivity contribution in [2.24, 2.45) is 0 Å². The summed E-state index contributed by atoms with van der Waals surface area (Å²) in [6.45, 7) is 8.16. The number of nitrogens with one attached hydrogen (secondary N) is 2. The van der Waals surface area contributed by atoms with Crippen molar-refractivity contribution in [1.82, 2.24) is 4.90 Å². The highest BCUT2D eigenvalue weighted by atomic mass is 19.1. The molecule has 0 radical (unpaired) electrons. The van der Waals surface area contributed by atoms with E-state index in [1.807, 2.05) is 24.3 Å². The van der Waals surface area contributed by atoms with Crippen LogP contribution in [0.2, 0.25) is 0 Å². The van der Waals surface area contributed by atoms with E-state index in [0.717, 1.165) is 37.5 Å². The minimum atomic E-state index is -0.374. The second-order valence-corrected chi connectivity index (χ2v) is 6.60. The molecule has 3 rings (SSSR count). The fourth-order valence-corrected chi connectivity index (χ4v) is 3.13. The highest BCUT2D eigenvalue weighted by Gasteiger charge is 2.24. The highest BCUT2D eigenvalue weighted by molar-refractivity contribution is 6.31. The molecule has 0 unspecified atom stereocenters. The van der Waals surface area contributed by atoms with Crippen molar-refractivity contribution in [2.75, 3.05) is 36.9 Å². The average Bonchev–Trinajstić information content (AvgIpc) is 3.01. The predicted molar refractivity (Wildman–Crippen MR) is 111 cm³/mol. The fourth-order valence-electron chi connectivity index (χ4n) is 3.13. The molecule has 2 aromatic rings. The van der Waals surface area contributed by atoms with Crippen LogP contribution in [0.15, 0.2) is 48.7 Å². The molecule has 0 aromatic heterocycles. The SMILES string of the molecule is CCN(CC)CCCOc1ccc(NC=C2C(=O)Nc3cc(F)ccc32)cc1. The monoisotopic (exact) mass is 383 g/mol. The van der Waals surface area contributed by atoms with Crippen LogP contribution in [0.4, 0.5) is 15.8 Å². The molecule has 148 valence electrons. The molecule has 0 fully saturated rings. The van der Waals surface area contributed by atoms with Crippen LogP contribution >= 0.6 is 0 Å². The Labute approximate surface area is 165 Å². The van der Waals surface area contributed by atoms with Gasteiger partial charge in [-0.05, 0) is 62.0 Å². The Kier molecular flexibility index (Phi) is 6.66. The normalized spacial score (nSPS) is 14.3. The van der Waals surface area contributed by atoms with Crippen molar-refractivity contribution in [3.8, 4) is 5.75 Å². The van der Waals surface area contributed by atoms with E-state index in [2.05, 4.69) is 29.4 Å². The summed E-state index contributed by atoms with van der Waals surface area (Å²) in [5.74, 6) is 0.194. The van der Waals surface area contributed by atoms with Crippen molar-refractivity contribution < 1.29 is 13.9 Å². The number of hydrogen-bond donors (Lipinski definition) is 2. The Morgan fingerprint density at radius 2 is 1.89 bits per heavy atom. The number of halogens is 1. The number of rotatable bonds is 9. The zero-order valence-electron chi connectivity index (χ0n) is 16.3. The summed E-state index contributed by atoms with van der Waals surface area (Å²) in [7, 11) is 0. The van der Waals surface area contributed by atoms with Crippen LogP contribution in [0.3, 0.4) is 0 Å². The number of hydrogen-bond acceptors (Lipinski definition) is 4. The summed E-state index contributed by atoms with van der Waals surface area (Å²) in [6.07, 6.45) is 2.63. The molecule has 0 aliphatic carbocycles. The number of ether oxygens (including phenoxy) is 1. The van der Waals surface area contributed by atoms with E-state index in [1.165, 1.54) is 12.1 Å². The van der Waals surface area contributed by atoms with Crippen LogP contribution in [0.1, 0.15) is 25.8 Å². The smallest absolute Gasteiger partial charge is 0.257 e. The fraction of sp³-hybridized carbons (Fsp3) is 0.318. The zero-order chi connectivity index (χ0) is 19.9. The molecule has 28 heavy (non-hydrogen) atoms. The molecule has 1 aliphatic rings. The van der Waals surface area contributed by atoms with Gasteiger partial charge in [0.25, 0.3) is 5.91 Å². The summed E-state index contributed by atoms with van der Waals surface area (Å²) in [6, 6.07) is 11.9. The van der Waals surface area contributed by atoms with Gasteiger partial charge in [0.2, 0.25) is 0 Å². The lowest BCUT2D eigenvalue weighted by Crippen LogP contribution is -2.25. The van der Waals surface area contributed by atoms with Gasteiger partial charge in [0.1, 0.15) is 11.6 Å². The van der Waals surface area contributed by atoms with Crippen LogP contribution in [-0.4, -0.2) is 37.0 Å². The second kappa shape index (κ2) is 9.37. The van der Waals surface area contributed by atoms with E-state index in [9.17, 15) is 9.18 Å². The number of anilines is 2. The first-order chi connectivity index (χ1) is 13.6. The van der Waals surface area contributed by atoms with E-state index in [0.29, 0.717) is 23.4 Å². The molecule has 2 N–H and O–H groups in total. The van der Waals surface area contributed by atoms with Crippen molar-refractivity contribution >= 4 is 22.9 Å². The van der Waals surface area contributed by atoms with E-state index in [4.69, 9.17) is 4.74 Å². The first kappa shape index (κ1) is 19.9. The topological polar surface area (TPSA) is 53.6 Å². The summed E-state index contributed by atoms with van der Waals surface area (Å²) < 4.78 is 19.1. The van der Waals surface area contributed by atoms with Gasteiger partial charge in [-0.15, -0.1) is 0 Å². The number of fused-ring (bicyclic) bond motifs is 1. The summed E-state index contributed by atoms with van der Waals surface area (Å²) in [5.41, 5.74) is 2.50. The molecule has 1 heterocycles. The zero-order valence-corrected chi connectivity index (χ0v) is 16.3. The number of amides is 1. The minimum absolute atomic E-state index is 0.249. The van der Waals surface area contributed by atoms with Crippen LogP contribution in [-0.2, 0) is 4.79 Å². The number of carbonyl (C=O) groups is 1. The van der Waals surface area contributed by atoms with Gasteiger partial charge in [-0.2, -0.15) is 0 Å². The average molecular weight is 383 g/mol. The van der Waals surface area contributed by atoms with Gasteiger partial charge < -0.3 is 20.3 Å². The summed E-state index contributed by atoms with van der Waals surface area (Å²) in [5, 5.41) is 5.79. The molecule has 5 nitrogen and oxygen atoms in total. The first-order valence-corrected chi connectivity index (χ1v) is 9.64. The maximum Gasteiger partial charge on any atom is 0.257 e. The predicted octanol–water partition coefficient (Wildman–Crippen LogP) is 4.34. The standard InChI is InChI=1S/C22H26FN3O2/c1-3-26(4-2)12-5-13-28-18-9-7-17(8-10-18)24-15-20-19-11-6-16(23)14-21(19)25-22(20)27/h6-11,14-15,24H,3-5,12-13H2,1-2H3,(H,25,27). The molecule has 0 bridgehead atoms. The van der Waals surface area contributed by atoms with Crippen molar-refractivity contribution in [3.05, 3.63) is 60.0 Å². The van der Waals surface area contributed by atoms with E-state index in [-0.39, 0.29) is 11.7 Å². The minimum Gasteiger partial charge on any atom is -0.494 e. The third-order valence-corrected chi connectivity index (χ3v) is 4.78. The van der Waals surface area contributed by atoms with E-state index in [1.54, 1.807) is 12.3 Å². The van der Waals surface area contributed by atoms with Gasteiger partial charge in [-0.3, -0.25) is 4.79 Å². The van der Waals surface area contributed by atoms with Crippen LogP contribution in [0.5, 0.6) is 5.75 Å². The van der Waals surface area contributed by atoms with E-state index >= 15 is 0 Å². The molecule has 1 amide bonds. The number of benzene rings is 2. The molecule has 0 saturated carbocycles. The number of nitrogens with zero attached hydrogens (tertiary/aromatic N) is 1. The highest BCUT2D eigenvalue weighted by Crippen LogP contribution is 2.32. The molecular weight excluding hydrogens is 357 g/mol. The molecule has 0 saturated heterocycles. The van der Waals surface area contributed by atoms with Gasteiger partial charge in [0.15, 0.2) is 0 Å². The Balaban J connectivity index is 1.54. The Bertz CT molecular complexity index is 845. The van der Waals surface area contributed by atoms with E-state index < -0.39 is 0 Å². The van der Waals surface area contributed by atoms with Crippen LogP contribution in [0, 0.1) is 5.82 Å². The third kappa shape index (κ3) is 4.89. The first-order valence-electron chi connectivity index (χ1n) is 9.64. The van der Waals surface area contributed by atoms with Crippen molar-refractivity contribution in [1.29, 1.82) is 0 Å². The molecule has 0 atom stereocenters. The van der Waals surface area contributed by atoms with Gasteiger partial charge in [-0.1, -0.05) is 13.8 Å². The quantitative estimate of drug-likeness (QED) is 0.500. The van der Waals surface area contributed by atoms with Gasteiger partial charge in [-0.25, -0.2) is 4.39 Å². The second-order valence-electron chi connectivity index (χ2n) is 6.60. The Morgan fingerprint density at radius 3 is 2.61 bits per heavy atom. The van der Waals surface area contributed by atoms with Gasteiger partial charge in [0, 0.05) is 24.0 Å². The molecular formula is C22H26FN3O2. The molecule has 0 spiro atoms. The largest absolute Gasteiger partial charge is 0.494 e. The lowest BCUT2D eigenvalue weighted by atomic mass is 10.1. The lowest BCUT2D eigenvalue weighted by molar-refractivity contribution is -0.110. The maximum atomic E-state index is 13.3.